The molecule has 0 bridgehead atoms. The van der Waals surface area contributed by atoms with Crippen molar-refractivity contribution in [3.8, 4) is 0 Å². The minimum atomic E-state index is 0.607. The normalized spacial score (nSPS) is 12.7. The average molecular weight is 244 g/mol. The third kappa shape index (κ3) is 4.92. The van der Waals surface area contributed by atoms with Crippen molar-refractivity contribution in [1.29, 1.82) is 0 Å². The highest BCUT2D eigenvalue weighted by Gasteiger charge is 2.04. The van der Waals surface area contributed by atoms with Gasteiger partial charge in [0, 0.05) is 21.7 Å². The molecule has 0 saturated carbocycles. The van der Waals surface area contributed by atoms with Crippen LogP contribution in [0.5, 0.6) is 0 Å². The summed E-state index contributed by atoms with van der Waals surface area (Å²) in [5.41, 5.74) is 0. The number of hydrogen-bond donors (Lipinski definition) is 1. The first-order valence-corrected chi connectivity index (χ1v) is 6.74. The molecule has 0 aliphatic carbocycles. The molecular formula is C12H18ClNS. The quantitative estimate of drug-likeness (QED) is 0.763. The lowest BCUT2D eigenvalue weighted by Crippen LogP contribution is -2.30. The van der Waals surface area contributed by atoms with Crippen molar-refractivity contribution in [2.75, 3.05) is 12.3 Å². The molecule has 0 aromatic heterocycles. The van der Waals surface area contributed by atoms with Crippen molar-refractivity contribution in [1.82, 2.24) is 5.32 Å². The molecule has 0 amide bonds. The van der Waals surface area contributed by atoms with E-state index in [-0.39, 0.29) is 0 Å². The van der Waals surface area contributed by atoms with Crippen LogP contribution in [0.4, 0.5) is 0 Å². The van der Waals surface area contributed by atoms with Crippen molar-refractivity contribution in [2.24, 2.45) is 0 Å². The predicted octanol–water partition coefficient (Wildman–Crippen LogP) is 3.82. The second-order valence-electron chi connectivity index (χ2n) is 3.43. The molecule has 15 heavy (non-hydrogen) atoms. The second-order valence-corrected chi connectivity index (χ2v) is 4.96. The van der Waals surface area contributed by atoms with E-state index < -0.39 is 0 Å². The summed E-state index contributed by atoms with van der Waals surface area (Å²) < 4.78 is 0. The lowest BCUT2D eigenvalue weighted by atomic mass is 10.2. The predicted molar refractivity (Wildman–Crippen MR) is 69.9 cm³/mol. The van der Waals surface area contributed by atoms with Gasteiger partial charge in [0.05, 0.1) is 0 Å². The second kappa shape index (κ2) is 7.15. The first-order chi connectivity index (χ1) is 7.26. The van der Waals surface area contributed by atoms with Gasteiger partial charge in [-0.3, -0.25) is 0 Å². The van der Waals surface area contributed by atoms with Crippen LogP contribution in [-0.2, 0) is 0 Å². The van der Waals surface area contributed by atoms with Crippen LogP contribution in [0.3, 0.4) is 0 Å². The van der Waals surface area contributed by atoms with E-state index in [9.17, 15) is 0 Å². The summed E-state index contributed by atoms with van der Waals surface area (Å²) >= 11 is 7.71. The summed E-state index contributed by atoms with van der Waals surface area (Å²) in [6.45, 7) is 5.41. The molecule has 1 unspecified atom stereocenters. The first kappa shape index (κ1) is 12.9. The van der Waals surface area contributed by atoms with Crippen LogP contribution in [0, 0.1) is 0 Å². The Morgan fingerprint density at radius 3 is 2.47 bits per heavy atom. The van der Waals surface area contributed by atoms with Crippen molar-refractivity contribution < 1.29 is 0 Å². The maximum Gasteiger partial charge on any atom is 0.0406 e. The molecule has 1 N–H and O–H groups in total. The van der Waals surface area contributed by atoms with Crippen LogP contribution in [0.1, 0.15) is 20.3 Å². The van der Waals surface area contributed by atoms with Crippen LogP contribution in [0.15, 0.2) is 29.2 Å². The molecule has 1 rings (SSSR count). The zero-order valence-electron chi connectivity index (χ0n) is 9.29. The minimum Gasteiger partial charge on any atom is -0.313 e. The van der Waals surface area contributed by atoms with Gasteiger partial charge in [-0.25, -0.2) is 0 Å². The fourth-order valence-electron chi connectivity index (χ4n) is 1.34. The maximum atomic E-state index is 5.83. The molecule has 0 spiro atoms. The summed E-state index contributed by atoms with van der Waals surface area (Å²) in [5.74, 6) is 1.12. The van der Waals surface area contributed by atoms with E-state index >= 15 is 0 Å². The molecule has 0 saturated heterocycles. The Labute approximate surface area is 102 Å². The van der Waals surface area contributed by atoms with E-state index in [1.165, 1.54) is 11.3 Å². The SMILES string of the molecule is CCNC(CC)CSc1ccc(Cl)cc1. The Hall–Kier alpha value is -0.180. The molecule has 3 heteroatoms. The summed E-state index contributed by atoms with van der Waals surface area (Å²) in [7, 11) is 0. The zero-order valence-corrected chi connectivity index (χ0v) is 10.9. The molecule has 1 aromatic rings. The van der Waals surface area contributed by atoms with Gasteiger partial charge in [-0.2, -0.15) is 0 Å². The van der Waals surface area contributed by atoms with E-state index in [4.69, 9.17) is 11.6 Å². The van der Waals surface area contributed by atoms with Crippen molar-refractivity contribution >= 4 is 23.4 Å². The van der Waals surface area contributed by atoms with Gasteiger partial charge in [-0.05, 0) is 37.2 Å². The largest absolute Gasteiger partial charge is 0.313 e. The molecule has 0 aliphatic rings. The van der Waals surface area contributed by atoms with Gasteiger partial charge >= 0.3 is 0 Å². The first-order valence-electron chi connectivity index (χ1n) is 5.38. The Morgan fingerprint density at radius 2 is 1.93 bits per heavy atom. The average Bonchev–Trinajstić information content (AvgIpc) is 2.26. The van der Waals surface area contributed by atoms with E-state index in [1.807, 2.05) is 23.9 Å². The molecule has 0 radical (unpaired) electrons. The molecular weight excluding hydrogens is 226 g/mol. The Balaban J connectivity index is 2.38. The summed E-state index contributed by atoms with van der Waals surface area (Å²) in [6, 6.07) is 8.64. The molecule has 84 valence electrons. The van der Waals surface area contributed by atoms with Crippen molar-refractivity contribution in [3.05, 3.63) is 29.3 Å². The number of hydrogen-bond acceptors (Lipinski definition) is 2. The minimum absolute atomic E-state index is 0.607. The van der Waals surface area contributed by atoms with Crippen molar-refractivity contribution in [2.45, 2.75) is 31.2 Å². The van der Waals surface area contributed by atoms with Crippen LogP contribution in [0.25, 0.3) is 0 Å². The molecule has 0 heterocycles. The maximum absolute atomic E-state index is 5.83. The van der Waals surface area contributed by atoms with Gasteiger partial charge in [0.1, 0.15) is 0 Å². The molecule has 0 aliphatic heterocycles. The standard InChI is InChI=1S/C12H18ClNS/c1-3-11(14-4-2)9-15-12-7-5-10(13)6-8-12/h5-8,11,14H,3-4,9H2,1-2H3. The summed E-state index contributed by atoms with van der Waals surface area (Å²) in [5, 5.41) is 4.27. The smallest absolute Gasteiger partial charge is 0.0406 e. The van der Waals surface area contributed by atoms with Crippen LogP contribution in [-0.4, -0.2) is 18.3 Å². The molecule has 1 nitrogen and oxygen atoms in total. The van der Waals surface area contributed by atoms with E-state index in [1.54, 1.807) is 0 Å². The van der Waals surface area contributed by atoms with Crippen molar-refractivity contribution in [3.63, 3.8) is 0 Å². The highest BCUT2D eigenvalue weighted by molar-refractivity contribution is 7.99. The Kier molecular flexibility index (Phi) is 6.15. The lowest BCUT2D eigenvalue weighted by molar-refractivity contribution is 0.560. The fraction of sp³-hybridized carbons (Fsp3) is 0.500. The molecule has 1 atom stereocenters. The Morgan fingerprint density at radius 1 is 1.27 bits per heavy atom. The lowest BCUT2D eigenvalue weighted by Gasteiger charge is -2.14. The third-order valence-corrected chi connectivity index (χ3v) is 3.68. The van der Waals surface area contributed by atoms with Gasteiger partial charge < -0.3 is 5.32 Å². The van der Waals surface area contributed by atoms with Crippen LogP contribution >= 0.6 is 23.4 Å². The van der Waals surface area contributed by atoms with Gasteiger partial charge in [0.2, 0.25) is 0 Å². The highest BCUT2D eigenvalue weighted by atomic mass is 35.5. The van der Waals surface area contributed by atoms with E-state index in [2.05, 4.69) is 31.3 Å². The van der Waals surface area contributed by atoms with E-state index in [0.717, 1.165) is 17.3 Å². The van der Waals surface area contributed by atoms with Crippen LogP contribution < -0.4 is 5.32 Å². The van der Waals surface area contributed by atoms with Gasteiger partial charge in [-0.15, -0.1) is 11.8 Å². The fourth-order valence-corrected chi connectivity index (χ4v) is 2.54. The summed E-state index contributed by atoms with van der Waals surface area (Å²) in [6.07, 6.45) is 1.18. The van der Waals surface area contributed by atoms with Gasteiger partial charge in [-0.1, -0.05) is 25.4 Å². The third-order valence-electron chi connectivity index (χ3n) is 2.25. The van der Waals surface area contributed by atoms with Gasteiger partial charge in [0.15, 0.2) is 0 Å². The highest BCUT2D eigenvalue weighted by Crippen LogP contribution is 2.21. The molecule has 1 aromatic carbocycles. The molecule has 0 fully saturated rings. The summed E-state index contributed by atoms with van der Waals surface area (Å²) in [4.78, 5) is 1.29. The topological polar surface area (TPSA) is 12.0 Å². The monoisotopic (exact) mass is 243 g/mol. The van der Waals surface area contributed by atoms with Gasteiger partial charge in [0.25, 0.3) is 0 Å². The zero-order chi connectivity index (χ0) is 11.1. The van der Waals surface area contributed by atoms with E-state index in [0.29, 0.717) is 6.04 Å². The number of thioether (sulfide) groups is 1. The number of nitrogens with one attached hydrogen (secondary N) is 1. The number of rotatable bonds is 6. The number of benzene rings is 1. The Bertz CT molecular complexity index is 273. The number of halogens is 1. The van der Waals surface area contributed by atoms with Crippen LogP contribution in [0.2, 0.25) is 5.02 Å².